The van der Waals surface area contributed by atoms with Gasteiger partial charge in [0.15, 0.2) is 5.60 Å². The molecule has 21 heavy (non-hydrogen) atoms. The van der Waals surface area contributed by atoms with Crippen molar-refractivity contribution < 1.29 is 19.0 Å². The normalized spacial score (nSPS) is 32.2. The average molecular weight is 290 g/mol. The highest BCUT2D eigenvalue weighted by atomic mass is 16.7. The molecular weight excluding hydrogens is 268 g/mol. The Hall–Kier alpha value is -1.55. The Balaban J connectivity index is 2.08. The molecule has 2 atom stereocenters. The molecule has 1 saturated heterocycles. The molecule has 3 rings (SSSR count). The highest BCUT2D eigenvalue weighted by Crippen LogP contribution is 2.65. The largest absolute Gasteiger partial charge is 0.487 e. The van der Waals surface area contributed by atoms with Gasteiger partial charge in [0.1, 0.15) is 17.0 Å². The second kappa shape index (κ2) is 4.47. The van der Waals surface area contributed by atoms with Crippen molar-refractivity contribution in [3.05, 3.63) is 29.8 Å². The molecule has 0 saturated carbocycles. The topological polar surface area (TPSA) is 48.1 Å². The van der Waals surface area contributed by atoms with Crippen LogP contribution in [-0.4, -0.2) is 23.8 Å². The summed E-state index contributed by atoms with van der Waals surface area (Å²) in [6, 6.07) is 7.82. The number of esters is 1. The Morgan fingerprint density at radius 1 is 1.29 bits per heavy atom. The Morgan fingerprint density at radius 3 is 2.67 bits per heavy atom. The minimum absolute atomic E-state index is 0.264. The van der Waals surface area contributed by atoms with E-state index in [9.17, 15) is 4.79 Å². The Labute approximate surface area is 125 Å². The van der Waals surface area contributed by atoms with Crippen molar-refractivity contribution in [1.29, 1.82) is 0 Å². The van der Waals surface area contributed by atoms with Gasteiger partial charge in [0.2, 0.25) is 0 Å². The van der Waals surface area contributed by atoms with E-state index in [1.165, 1.54) is 0 Å². The number of benzene rings is 1. The molecule has 0 amide bonds. The fourth-order valence-corrected chi connectivity index (χ4v) is 3.60. The number of ether oxygens (including phenoxy) is 3. The van der Waals surface area contributed by atoms with Crippen LogP contribution in [0.15, 0.2) is 24.3 Å². The predicted molar refractivity (Wildman–Crippen MR) is 78.2 cm³/mol. The molecule has 0 aliphatic carbocycles. The lowest BCUT2D eigenvalue weighted by Crippen LogP contribution is -2.44. The zero-order valence-electron chi connectivity index (χ0n) is 13.1. The van der Waals surface area contributed by atoms with Crippen molar-refractivity contribution in [2.75, 3.05) is 6.61 Å². The Bertz CT molecular complexity index is 580. The minimum Gasteiger partial charge on any atom is -0.487 e. The van der Waals surface area contributed by atoms with E-state index in [1.807, 2.05) is 52.0 Å². The molecule has 4 heteroatoms. The lowest BCUT2D eigenvalue weighted by molar-refractivity contribution is -0.149. The Kier molecular flexibility index (Phi) is 3.06. The van der Waals surface area contributed by atoms with Gasteiger partial charge in [0.25, 0.3) is 0 Å². The number of rotatable bonds is 3. The standard InChI is InChI=1S/C17H22O4/c1-5-16(14(18)19-6-2)17(21-16)11-15(3,4)20-13-10-8-7-9-12(13)17/h7-10H,5-6,11H2,1-4H3. The van der Waals surface area contributed by atoms with Crippen molar-refractivity contribution >= 4 is 5.97 Å². The molecule has 4 nitrogen and oxygen atoms in total. The summed E-state index contributed by atoms with van der Waals surface area (Å²) in [4.78, 5) is 12.5. The zero-order chi connectivity index (χ0) is 15.3. The molecule has 0 N–H and O–H groups in total. The van der Waals surface area contributed by atoms with Crippen molar-refractivity contribution in [1.82, 2.24) is 0 Å². The molecule has 0 bridgehead atoms. The fourth-order valence-electron chi connectivity index (χ4n) is 3.60. The van der Waals surface area contributed by atoms with Crippen LogP contribution in [0.2, 0.25) is 0 Å². The lowest BCUT2D eigenvalue weighted by atomic mass is 9.75. The van der Waals surface area contributed by atoms with Crippen LogP contribution in [0.5, 0.6) is 5.75 Å². The molecule has 1 aromatic carbocycles. The smallest absolute Gasteiger partial charge is 0.341 e. The summed E-state index contributed by atoms with van der Waals surface area (Å²) in [5.41, 5.74) is -0.913. The summed E-state index contributed by atoms with van der Waals surface area (Å²) in [6.07, 6.45) is 1.24. The van der Waals surface area contributed by atoms with Gasteiger partial charge in [-0.2, -0.15) is 0 Å². The molecule has 1 aromatic rings. The minimum atomic E-state index is -0.875. The third-order valence-corrected chi connectivity index (χ3v) is 4.45. The monoisotopic (exact) mass is 290 g/mol. The van der Waals surface area contributed by atoms with Crippen molar-refractivity contribution in [3.8, 4) is 5.75 Å². The maximum Gasteiger partial charge on any atom is 0.341 e. The number of hydrogen-bond donors (Lipinski definition) is 0. The number of fused-ring (bicyclic) bond motifs is 2. The first-order valence-electron chi connectivity index (χ1n) is 7.57. The number of carbonyl (C=O) groups is 1. The van der Waals surface area contributed by atoms with Crippen molar-refractivity contribution in [2.24, 2.45) is 0 Å². The van der Waals surface area contributed by atoms with Crippen LogP contribution in [-0.2, 0) is 19.9 Å². The van der Waals surface area contributed by atoms with E-state index in [4.69, 9.17) is 14.2 Å². The van der Waals surface area contributed by atoms with Gasteiger partial charge in [-0.05, 0) is 33.3 Å². The quantitative estimate of drug-likeness (QED) is 0.633. The van der Waals surface area contributed by atoms with Gasteiger partial charge < -0.3 is 14.2 Å². The third-order valence-electron chi connectivity index (χ3n) is 4.45. The number of hydrogen-bond acceptors (Lipinski definition) is 4. The number of carbonyl (C=O) groups excluding carboxylic acids is 1. The van der Waals surface area contributed by atoms with Gasteiger partial charge in [-0.25, -0.2) is 4.79 Å². The molecular formula is C17H22O4. The second-order valence-electron chi connectivity index (χ2n) is 6.36. The fraction of sp³-hybridized carbons (Fsp3) is 0.588. The molecule has 1 spiro atoms. The molecule has 2 heterocycles. The highest BCUT2D eigenvalue weighted by molar-refractivity contribution is 5.86. The maximum absolute atomic E-state index is 12.5. The van der Waals surface area contributed by atoms with E-state index in [0.717, 1.165) is 11.3 Å². The molecule has 2 unspecified atom stereocenters. The zero-order valence-corrected chi connectivity index (χ0v) is 13.1. The lowest BCUT2D eigenvalue weighted by Gasteiger charge is -2.37. The predicted octanol–water partition coefficient (Wildman–Crippen LogP) is 3.19. The second-order valence-corrected chi connectivity index (χ2v) is 6.36. The summed E-state index contributed by atoms with van der Waals surface area (Å²) in [5.74, 6) is 0.536. The van der Waals surface area contributed by atoms with Crippen molar-refractivity contribution in [2.45, 2.75) is 57.3 Å². The summed E-state index contributed by atoms with van der Waals surface area (Å²) in [5, 5.41) is 0. The van der Waals surface area contributed by atoms with E-state index >= 15 is 0 Å². The summed E-state index contributed by atoms with van der Waals surface area (Å²) in [6.45, 7) is 8.20. The SMILES string of the molecule is CCOC(=O)C1(CC)OC12CC(C)(C)Oc1ccccc12. The van der Waals surface area contributed by atoms with Crippen LogP contribution in [0.1, 0.15) is 46.1 Å². The van der Waals surface area contributed by atoms with Gasteiger partial charge >= 0.3 is 5.97 Å². The van der Waals surface area contributed by atoms with Crippen LogP contribution in [0.3, 0.4) is 0 Å². The first kappa shape index (κ1) is 14.4. The van der Waals surface area contributed by atoms with Crippen molar-refractivity contribution in [3.63, 3.8) is 0 Å². The van der Waals surface area contributed by atoms with Crippen LogP contribution in [0.25, 0.3) is 0 Å². The summed E-state index contributed by atoms with van der Waals surface area (Å²) >= 11 is 0. The van der Waals surface area contributed by atoms with Crippen LogP contribution < -0.4 is 4.74 Å². The highest BCUT2D eigenvalue weighted by Gasteiger charge is 2.78. The maximum atomic E-state index is 12.5. The first-order chi connectivity index (χ1) is 9.91. The molecule has 2 aliphatic rings. The van der Waals surface area contributed by atoms with E-state index in [0.29, 0.717) is 19.4 Å². The summed E-state index contributed by atoms with van der Waals surface area (Å²) < 4.78 is 17.4. The van der Waals surface area contributed by atoms with E-state index < -0.39 is 11.2 Å². The van der Waals surface area contributed by atoms with Crippen LogP contribution in [0.4, 0.5) is 0 Å². The number of para-hydroxylation sites is 1. The van der Waals surface area contributed by atoms with E-state index in [1.54, 1.807) is 0 Å². The van der Waals surface area contributed by atoms with Crippen LogP contribution in [0, 0.1) is 0 Å². The Morgan fingerprint density at radius 2 is 2.00 bits per heavy atom. The van der Waals surface area contributed by atoms with Gasteiger partial charge in [-0.15, -0.1) is 0 Å². The van der Waals surface area contributed by atoms with Gasteiger partial charge in [-0.1, -0.05) is 25.1 Å². The molecule has 114 valence electrons. The number of epoxide rings is 1. The van der Waals surface area contributed by atoms with E-state index in [-0.39, 0.29) is 11.6 Å². The van der Waals surface area contributed by atoms with Gasteiger partial charge in [-0.3, -0.25) is 0 Å². The molecule has 1 fully saturated rings. The molecule has 0 radical (unpaired) electrons. The average Bonchev–Trinajstić information content (AvgIpc) is 3.07. The van der Waals surface area contributed by atoms with Crippen LogP contribution >= 0.6 is 0 Å². The van der Waals surface area contributed by atoms with Gasteiger partial charge in [0, 0.05) is 12.0 Å². The third kappa shape index (κ3) is 1.89. The summed E-state index contributed by atoms with van der Waals surface area (Å²) in [7, 11) is 0. The van der Waals surface area contributed by atoms with E-state index in [2.05, 4.69) is 0 Å². The van der Waals surface area contributed by atoms with Gasteiger partial charge in [0.05, 0.1) is 6.61 Å². The first-order valence-corrected chi connectivity index (χ1v) is 7.57. The molecule has 2 aliphatic heterocycles. The molecule has 0 aromatic heterocycles.